The molecule has 0 aromatic carbocycles. The van der Waals surface area contributed by atoms with Crippen molar-refractivity contribution in [3.8, 4) is 0 Å². The van der Waals surface area contributed by atoms with E-state index in [4.69, 9.17) is 33.9 Å². The molecule has 13 nitrogen and oxygen atoms in total. The summed E-state index contributed by atoms with van der Waals surface area (Å²) in [5, 5.41) is 19.3. The second-order valence-electron chi connectivity index (χ2n) is 6.78. The van der Waals surface area contributed by atoms with Gasteiger partial charge in [0.15, 0.2) is 5.78 Å². The van der Waals surface area contributed by atoms with Gasteiger partial charge >= 0.3 is 17.9 Å². The van der Waals surface area contributed by atoms with Crippen molar-refractivity contribution in [1.29, 1.82) is 0 Å². The second-order valence-corrected chi connectivity index (χ2v) is 6.78. The van der Waals surface area contributed by atoms with Gasteiger partial charge in [-0.25, -0.2) is 14.4 Å². The van der Waals surface area contributed by atoms with Gasteiger partial charge in [-0.15, -0.1) is 0 Å². The third kappa shape index (κ3) is 19.8. The normalized spacial score (nSPS) is 11.5. The number of carboxylic acid groups (broad SMARTS) is 2. The summed E-state index contributed by atoms with van der Waals surface area (Å²) in [6.07, 6.45) is 2.42. The highest BCUT2D eigenvalue weighted by Crippen LogP contribution is 2.08. The van der Waals surface area contributed by atoms with Gasteiger partial charge in [-0.2, -0.15) is 0 Å². The lowest BCUT2D eigenvalue weighted by atomic mass is 10.1. The fourth-order valence-corrected chi connectivity index (χ4v) is 2.45. The van der Waals surface area contributed by atoms with E-state index in [0.29, 0.717) is 32.1 Å². The van der Waals surface area contributed by atoms with Gasteiger partial charge in [-0.1, -0.05) is 12.8 Å². The maximum Gasteiger partial charge on any atom is 0.329 e. The van der Waals surface area contributed by atoms with Crippen LogP contribution < -0.4 is 5.32 Å². The van der Waals surface area contributed by atoms with Crippen LogP contribution in [-0.2, 0) is 47.7 Å². The summed E-state index contributed by atoms with van der Waals surface area (Å²) in [4.78, 5) is 56.1. The minimum atomic E-state index is -1.11. The Hall–Kier alpha value is -2.61. The first-order valence-corrected chi connectivity index (χ1v) is 10.4. The van der Waals surface area contributed by atoms with E-state index in [1.165, 1.54) is 7.11 Å². The van der Waals surface area contributed by atoms with E-state index < -0.39 is 43.1 Å². The monoisotopic (exact) mass is 479 g/mol. The summed E-state index contributed by atoms with van der Waals surface area (Å²) >= 11 is 0. The Bertz CT molecular complexity index is 610. The van der Waals surface area contributed by atoms with Crippen molar-refractivity contribution in [2.24, 2.45) is 0 Å². The number of hydrogen-bond donors (Lipinski definition) is 3. The van der Waals surface area contributed by atoms with Crippen LogP contribution in [0.3, 0.4) is 0 Å². The largest absolute Gasteiger partial charge is 0.480 e. The third-order valence-corrected chi connectivity index (χ3v) is 3.96. The van der Waals surface area contributed by atoms with Gasteiger partial charge in [-0.05, 0) is 12.8 Å². The Morgan fingerprint density at radius 3 is 1.76 bits per heavy atom. The Labute approximate surface area is 191 Å². The van der Waals surface area contributed by atoms with Gasteiger partial charge in [0.2, 0.25) is 5.91 Å². The number of carboxylic acids is 2. The first kappa shape index (κ1) is 30.4. The van der Waals surface area contributed by atoms with Crippen molar-refractivity contribution in [3.63, 3.8) is 0 Å². The molecule has 1 atom stereocenters. The first-order chi connectivity index (χ1) is 15.8. The number of amides is 1. The Morgan fingerprint density at radius 1 is 0.727 bits per heavy atom. The number of unbranched alkanes of at least 4 members (excludes halogenated alkanes) is 2. The minimum Gasteiger partial charge on any atom is -0.480 e. The van der Waals surface area contributed by atoms with E-state index in [-0.39, 0.29) is 45.4 Å². The van der Waals surface area contributed by atoms with Crippen LogP contribution >= 0.6 is 0 Å². The maximum atomic E-state index is 11.9. The molecule has 0 aromatic heterocycles. The fourth-order valence-electron chi connectivity index (χ4n) is 2.45. The number of nitrogens with one attached hydrogen (secondary N) is 1. The summed E-state index contributed by atoms with van der Waals surface area (Å²) in [7, 11) is 1.21. The Balaban J connectivity index is 3.93. The molecule has 13 heteroatoms. The molecule has 0 aliphatic heterocycles. The topological polar surface area (TPSA) is 184 Å². The van der Waals surface area contributed by atoms with Crippen LogP contribution in [0.4, 0.5) is 0 Å². The number of hydrogen-bond acceptors (Lipinski definition) is 10. The van der Waals surface area contributed by atoms with Crippen LogP contribution in [0.25, 0.3) is 0 Å². The fraction of sp³-hybridized carbons (Fsp3) is 0.750. The highest BCUT2D eigenvalue weighted by atomic mass is 16.5. The number of ketones is 1. The summed E-state index contributed by atoms with van der Waals surface area (Å²) < 4.78 is 24.4. The summed E-state index contributed by atoms with van der Waals surface area (Å²) in [6.45, 7) is -1.03. The predicted octanol–water partition coefficient (Wildman–Crippen LogP) is -0.601. The predicted molar refractivity (Wildman–Crippen MR) is 111 cm³/mol. The van der Waals surface area contributed by atoms with Crippen LogP contribution in [-0.4, -0.2) is 106 Å². The van der Waals surface area contributed by atoms with E-state index in [0.717, 1.165) is 0 Å². The van der Waals surface area contributed by atoms with E-state index in [1.54, 1.807) is 0 Å². The number of methoxy groups -OCH3 is 1. The second kappa shape index (κ2) is 20.0. The van der Waals surface area contributed by atoms with Crippen LogP contribution in [0.15, 0.2) is 0 Å². The van der Waals surface area contributed by atoms with Crippen molar-refractivity contribution < 1.29 is 57.9 Å². The molecule has 0 spiro atoms. The lowest BCUT2D eigenvalue weighted by Gasteiger charge is -2.16. The molecule has 0 aliphatic rings. The molecule has 0 rings (SSSR count). The lowest BCUT2D eigenvalue weighted by Crippen LogP contribution is -2.43. The van der Waals surface area contributed by atoms with Crippen molar-refractivity contribution in [3.05, 3.63) is 0 Å². The number of esters is 1. The van der Waals surface area contributed by atoms with Gasteiger partial charge in [0, 0.05) is 6.42 Å². The molecule has 0 radical (unpaired) electrons. The van der Waals surface area contributed by atoms with Crippen LogP contribution in [0, 0.1) is 0 Å². The van der Waals surface area contributed by atoms with Crippen molar-refractivity contribution in [1.82, 2.24) is 5.32 Å². The lowest BCUT2D eigenvalue weighted by molar-refractivity contribution is -0.146. The molecule has 0 aliphatic carbocycles. The van der Waals surface area contributed by atoms with Crippen LogP contribution in [0.5, 0.6) is 0 Å². The van der Waals surface area contributed by atoms with Crippen molar-refractivity contribution >= 4 is 29.6 Å². The number of aliphatic carboxylic acids is 2. The summed E-state index contributed by atoms with van der Waals surface area (Å²) in [5.41, 5.74) is 0. The van der Waals surface area contributed by atoms with Crippen LogP contribution in [0.2, 0.25) is 0 Å². The van der Waals surface area contributed by atoms with Gasteiger partial charge in [-0.3, -0.25) is 9.59 Å². The van der Waals surface area contributed by atoms with E-state index in [2.05, 4.69) is 5.32 Å². The van der Waals surface area contributed by atoms with Gasteiger partial charge in [0.05, 0.1) is 33.5 Å². The SMILES string of the molecule is COC(=O)[C@H](CCCCCC(=O)COCCOCC(=O)O)NC(=O)COCCOCC(=O)O. The number of carbonyl (C=O) groups is 5. The molecular weight excluding hydrogens is 446 g/mol. The van der Waals surface area contributed by atoms with Gasteiger partial charge < -0.3 is 39.2 Å². The smallest absolute Gasteiger partial charge is 0.329 e. The van der Waals surface area contributed by atoms with Gasteiger partial charge in [0.25, 0.3) is 0 Å². The van der Waals surface area contributed by atoms with Crippen molar-refractivity contribution in [2.75, 3.05) is 60.0 Å². The number of carbonyl (C=O) groups excluding carboxylic acids is 3. The molecule has 0 saturated heterocycles. The highest BCUT2D eigenvalue weighted by Gasteiger charge is 2.21. The molecule has 33 heavy (non-hydrogen) atoms. The zero-order valence-electron chi connectivity index (χ0n) is 18.7. The number of rotatable bonds is 22. The maximum absolute atomic E-state index is 11.9. The zero-order chi connectivity index (χ0) is 24.9. The molecule has 0 saturated carbocycles. The van der Waals surface area contributed by atoms with E-state index in [1.807, 2.05) is 0 Å². The first-order valence-electron chi connectivity index (χ1n) is 10.4. The highest BCUT2D eigenvalue weighted by molar-refractivity contribution is 5.85. The van der Waals surface area contributed by atoms with E-state index >= 15 is 0 Å². The van der Waals surface area contributed by atoms with Crippen LogP contribution in [0.1, 0.15) is 32.1 Å². The molecule has 3 N–H and O–H groups in total. The van der Waals surface area contributed by atoms with E-state index in [9.17, 15) is 24.0 Å². The molecule has 0 fully saturated rings. The average molecular weight is 479 g/mol. The molecule has 190 valence electrons. The van der Waals surface area contributed by atoms with Crippen molar-refractivity contribution in [2.45, 2.75) is 38.1 Å². The molecular formula is C20H33NO12. The third-order valence-electron chi connectivity index (χ3n) is 3.96. The minimum absolute atomic E-state index is 0.0161. The molecule has 0 bridgehead atoms. The summed E-state index contributed by atoms with van der Waals surface area (Å²) in [6, 6.07) is -0.848. The number of Topliss-reactive ketones (excluding diaryl/α,β-unsaturated/α-hetero) is 1. The molecule has 0 aromatic rings. The number of ether oxygens (including phenoxy) is 5. The summed E-state index contributed by atoms with van der Waals surface area (Å²) in [5.74, 6) is -3.40. The Kier molecular flexibility index (Phi) is 18.4. The average Bonchev–Trinajstić information content (AvgIpc) is 2.76. The molecule has 1 amide bonds. The standard InChI is InChI=1S/C20H33NO12/c1-29-20(28)16(21-17(23)12-31-8-10-33-14-19(26)27)6-4-2-3-5-15(22)11-30-7-9-32-13-18(24)25/h16H,2-14H2,1H3,(H,21,23)(H,24,25)(H,26,27)/t16-/m0/s1. The molecule has 0 unspecified atom stereocenters. The molecule has 0 heterocycles. The van der Waals surface area contributed by atoms with Gasteiger partial charge in [0.1, 0.15) is 32.5 Å². The quantitative estimate of drug-likeness (QED) is 0.132. The zero-order valence-corrected chi connectivity index (χ0v) is 18.7. The Morgan fingerprint density at radius 2 is 1.24 bits per heavy atom.